The van der Waals surface area contributed by atoms with Crippen LogP contribution in [0.1, 0.15) is 53.2 Å². The number of amides is 1. The number of aromatic nitrogens is 4. The van der Waals surface area contributed by atoms with E-state index in [9.17, 15) is 14.7 Å². The van der Waals surface area contributed by atoms with Gasteiger partial charge in [0.05, 0.1) is 18.3 Å². The van der Waals surface area contributed by atoms with Crippen molar-refractivity contribution in [2.75, 3.05) is 18.0 Å². The molecule has 1 fully saturated rings. The second-order valence-electron chi connectivity index (χ2n) is 8.34. The molecule has 0 spiro atoms. The van der Waals surface area contributed by atoms with Gasteiger partial charge in [0.1, 0.15) is 11.2 Å². The number of rotatable bonds is 4. The van der Waals surface area contributed by atoms with E-state index in [2.05, 4.69) is 15.1 Å². The van der Waals surface area contributed by atoms with Gasteiger partial charge in [-0.25, -0.2) is 9.59 Å². The summed E-state index contributed by atoms with van der Waals surface area (Å²) in [6, 6.07) is 1.49. The fourth-order valence-corrected chi connectivity index (χ4v) is 3.65. The highest BCUT2D eigenvalue weighted by Gasteiger charge is 2.38. The maximum Gasteiger partial charge on any atom is 0.410 e. The van der Waals surface area contributed by atoms with Crippen molar-refractivity contribution in [1.29, 1.82) is 0 Å². The summed E-state index contributed by atoms with van der Waals surface area (Å²) in [5.41, 5.74) is -0.122. The van der Waals surface area contributed by atoms with E-state index >= 15 is 0 Å². The molecule has 3 heterocycles. The summed E-state index contributed by atoms with van der Waals surface area (Å²) in [7, 11) is 0. The number of carbonyl (C=O) groups excluding carboxylic acids is 1. The van der Waals surface area contributed by atoms with Crippen LogP contribution in [-0.2, 0) is 11.3 Å². The molecular formula is C19H30N6O4. The van der Waals surface area contributed by atoms with E-state index < -0.39 is 11.3 Å². The minimum atomic E-state index is -0.565. The third kappa shape index (κ3) is 4.36. The maximum absolute atomic E-state index is 12.8. The lowest BCUT2D eigenvalue weighted by atomic mass is 10.0. The highest BCUT2D eigenvalue weighted by molar-refractivity contribution is 5.69. The topological polar surface area (TPSA) is 116 Å². The number of nitrogens with one attached hydrogen (secondary N) is 1. The van der Waals surface area contributed by atoms with Gasteiger partial charge in [-0.2, -0.15) is 14.6 Å². The number of hydrogen-bond acceptors (Lipinski definition) is 7. The number of carbonyl (C=O) groups is 1. The molecule has 1 amide bonds. The molecule has 2 atom stereocenters. The van der Waals surface area contributed by atoms with Crippen LogP contribution in [0.3, 0.4) is 0 Å². The highest BCUT2D eigenvalue weighted by Crippen LogP contribution is 2.26. The molecule has 2 aromatic heterocycles. The van der Waals surface area contributed by atoms with Crippen molar-refractivity contribution in [2.24, 2.45) is 0 Å². The van der Waals surface area contributed by atoms with Crippen molar-refractivity contribution < 1.29 is 14.6 Å². The third-order valence-electron chi connectivity index (χ3n) is 5.07. The van der Waals surface area contributed by atoms with Gasteiger partial charge in [-0.3, -0.25) is 4.98 Å². The Morgan fingerprint density at radius 1 is 1.28 bits per heavy atom. The first-order valence-electron chi connectivity index (χ1n) is 10.0. The molecule has 2 aromatic rings. The Bertz CT molecular complexity index is 931. The van der Waals surface area contributed by atoms with Gasteiger partial charge < -0.3 is 19.6 Å². The number of nitrogens with zero attached hydrogens (tertiary/aromatic N) is 5. The molecule has 10 nitrogen and oxygen atoms in total. The lowest BCUT2D eigenvalue weighted by molar-refractivity contribution is 0.00970. The van der Waals surface area contributed by atoms with E-state index in [1.54, 1.807) is 15.5 Å². The largest absolute Gasteiger partial charge is 0.444 e. The van der Waals surface area contributed by atoms with E-state index in [0.717, 1.165) is 12.8 Å². The third-order valence-corrected chi connectivity index (χ3v) is 5.07. The van der Waals surface area contributed by atoms with Crippen LogP contribution in [0, 0.1) is 0 Å². The highest BCUT2D eigenvalue weighted by atomic mass is 16.6. The lowest BCUT2D eigenvalue weighted by Gasteiger charge is -2.46. The van der Waals surface area contributed by atoms with Gasteiger partial charge in [0.15, 0.2) is 0 Å². The molecule has 0 unspecified atom stereocenters. The smallest absolute Gasteiger partial charge is 0.410 e. The summed E-state index contributed by atoms with van der Waals surface area (Å²) in [5, 5.41) is 13.8. The van der Waals surface area contributed by atoms with E-state index in [0.29, 0.717) is 30.4 Å². The van der Waals surface area contributed by atoms with Crippen LogP contribution in [0.15, 0.2) is 10.9 Å². The van der Waals surface area contributed by atoms with Crippen LogP contribution >= 0.6 is 0 Å². The van der Waals surface area contributed by atoms with Crippen LogP contribution in [0.4, 0.5) is 10.7 Å². The summed E-state index contributed by atoms with van der Waals surface area (Å²) < 4.78 is 7.15. The molecule has 0 aliphatic carbocycles. The molecule has 2 N–H and O–H groups in total. The van der Waals surface area contributed by atoms with Gasteiger partial charge in [0.2, 0.25) is 5.95 Å². The van der Waals surface area contributed by atoms with Crippen LogP contribution in [-0.4, -0.2) is 66.5 Å². The fourth-order valence-electron chi connectivity index (χ4n) is 3.65. The van der Waals surface area contributed by atoms with Gasteiger partial charge in [-0.15, -0.1) is 0 Å². The first-order chi connectivity index (χ1) is 13.7. The zero-order valence-electron chi connectivity index (χ0n) is 17.7. The van der Waals surface area contributed by atoms with Gasteiger partial charge >= 0.3 is 11.8 Å². The van der Waals surface area contributed by atoms with Crippen LogP contribution in [0.25, 0.3) is 5.65 Å². The molecule has 1 aliphatic rings. The maximum atomic E-state index is 12.8. The molecule has 0 radical (unpaired) electrons. The minimum absolute atomic E-state index is 0.0513. The minimum Gasteiger partial charge on any atom is -0.444 e. The quantitative estimate of drug-likeness (QED) is 0.791. The van der Waals surface area contributed by atoms with E-state index in [1.807, 2.05) is 39.5 Å². The van der Waals surface area contributed by atoms with Crippen molar-refractivity contribution in [3.63, 3.8) is 0 Å². The number of aliphatic hydroxyl groups is 1. The standard InChI is InChI=1S/C19H30N6O4/c1-6-13-10-24(18(28)29-19(3,4)5)14(7-2)9-23(13)17-21-16(27)20-15-8-12(11-26)22-25(15)17/h8,13-14,26H,6-7,9-11H2,1-5H3,(H,20,27)/t13-,14+/m0/s1. The summed E-state index contributed by atoms with van der Waals surface area (Å²) in [4.78, 5) is 35.5. The number of ether oxygens (including phenoxy) is 1. The SMILES string of the molecule is CC[C@@H]1CN(c2nc(=O)[nH]c3cc(CO)nn23)[C@@H](CC)CN1C(=O)OC(C)(C)C. The van der Waals surface area contributed by atoms with E-state index in [4.69, 9.17) is 4.74 Å². The summed E-state index contributed by atoms with van der Waals surface area (Å²) in [6.45, 7) is 10.4. The van der Waals surface area contributed by atoms with Crippen molar-refractivity contribution in [1.82, 2.24) is 24.5 Å². The molecule has 1 aliphatic heterocycles. The zero-order valence-corrected chi connectivity index (χ0v) is 17.7. The number of aliphatic hydroxyl groups excluding tert-OH is 1. The average molecular weight is 406 g/mol. The Labute approximate surface area is 169 Å². The van der Waals surface area contributed by atoms with E-state index in [-0.39, 0.29) is 24.8 Å². The second-order valence-corrected chi connectivity index (χ2v) is 8.34. The van der Waals surface area contributed by atoms with E-state index in [1.165, 1.54) is 0 Å². The first kappa shape index (κ1) is 21.1. The predicted octanol–water partition coefficient (Wildman–Crippen LogP) is 1.52. The van der Waals surface area contributed by atoms with Gasteiger partial charge in [0.25, 0.3) is 0 Å². The number of aromatic amines is 1. The van der Waals surface area contributed by atoms with Crippen molar-refractivity contribution >= 4 is 17.7 Å². The Morgan fingerprint density at radius 2 is 1.97 bits per heavy atom. The Morgan fingerprint density at radius 3 is 2.55 bits per heavy atom. The van der Waals surface area contributed by atoms with Gasteiger partial charge in [-0.1, -0.05) is 13.8 Å². The number of piperazine rings is 1. The summed E-state index contributed by atoms with van der Waals surface area (Å²) >= 11 is 0. The molecule has 10 heteroatoms. The van der Waals surface area contributed by atoms with Crippen molar-refractivity contribution in [2.45, 2.75) is 71.8 Å². The summed E-state index contributed by atoms with van der Waals surface area (Å²) in [5.74, 6) is 0.414. The van der Waals surface area contributed by atoms with Gasteiger partial charge in [0, 0.05) is 25.2 Å². The predicted molar refractivity (Wildman–Crippen MR) is 108 cm³/mol. The van der Waals surface area contributed by atoms with Gasteiger partial charge in [-0.05, 0) is 33.6 Å². The van der Waals surface area contributed by atoms with Crippen molar-refractivity contribution in [3.8, 4) is 0 Å². The fraction of sp³-hybridized carbons (Fsp3) is 0.684. The lowest BCUT2D eigenvalue weighted by Crippen LogP contribution is -2.61. The number of H-pyrrole nitrogens is 1. The van der Waals surface area contributed by atoms with Crippen LogP contribution in [0.5, 0.6) is 0 Å². The first-order valence-corrected chi connectivity index (χ1v) is 10.0. The Kier molecular flexibility index (Phi) is 5.83. The molecule has 160 valence electrons. The zero-order chi connectivity index (χ0) is 21.3. The monoisotopic (exact) mass is 406 g/mol. The molecule has 0 aromatic carbocycles. The average Bonchev–Trinajstić information content (AvgIpc) is 3.07. The molecular weight excluding hydrogens is 376 g/mol. The molecule has 29 heavy (non-hydrogen) atoms. The number of anilines is 1. The Balaban J connectivity index is 1.97. The number of fused-ring (bicyclic) bond motifs is 1. The second kappa shape index (κ2) is 8.02. The normalized spacial score (nSPS) is 20.3. The molecule has 1 saturated heterocycles. The molecule has 0 bridgehead atoms. The van der Waals surface area contributed by atoms with Crippen LogP contribution in [0.2, 0.25) is 0 Å². The molecule has 3 rings (SSSR count). The number of hydrogen-bond donors (Lipinski definition) is 2. The Hall–Kier alpha value is -2.62. The molecule has 0 saturated carbocycles. The summed E-state index contributed by atoms with van der Waals surface area (Å²) in [6.07, 6.45) is 1.16. The van der Waals surface area contributed by atoms with Crippen LogP contribution < -0.4 is 10.6 Å². The van der Waals surface area contributed by atoms with Crippen molar-refractivity contribution in [3.05, 3.63) is 22.2 Å².